The fourth-order valence-electron chi connectivity index (χ4n) is 3.20. The maximum Gasteiger partial charge on any atom is 0.416 e. The van der Waals surface area contributed by atoms with E-state index in [2.05, 4.69) is 4.72 Å². The highest BCUT2D eigenvalue weighted by Gasteiger charge is 2.33. The van der Waals surface area contributed by atoms with Crippen molar-refractivity contribution in [3.05, 3.63) is 59.7 Å². The lowest BCUT2D eigenvalue weighted by molar-refractivity contribution is -0.137. The normalized spacial score (nSPS) is 17.2. The summed E-state index contributed by atoms with van der Waals surface area (Å²) in [6.07, 6.45) is -4.23. The van der Waals surface area contributed by atoms with Crippen molar-refractivity contribution in [3.63, 3.8) is 0 Å². The standard InChI is InChI=1S/C19H21F3N2O4S2/c1-14-5-7-17(8-6-14)30(27,28)24-11-9-16(10-12-24)23-29(25,26)18-4-2-3-15(13-18)19(20,21)22/h2-8,13,16,23H,9-12H2,1H3. The van der Waals surface area contributed by atoms with Gasteiger partial charge in [-0.1, -0.05) is 23.8 Å². The van der Waals surface area contributed by atoms with Gasteiger partial charge in [0.1, 0.15) is 0 Å². The van der Waals surface area contributed by atoms with Gasteiger partial charge < -0.3 is 0 Å². The molecule has 1 N–H and O–H groups in total. The van der Waals surface area contributed by atoms with Crippen LogP contribution in [-0.2, 0) is 26.2 Å². The lowest BCUT2D eigenvalue weighted by atomic mass is 10.1. The zero-order chi connectivity index (χ0) is 22.2. The molecular formula is C19H21F3N2O4S2. The molecule has 0 unspecified atom stereocenters. The molecule has 0 atom stereocenters. The van der Waals surface area contributed by atoms with Crippen LogP contribution in [0.3, 0.4) is 0 Å². The van der Waals surface area contributed by atoms with E-state index in [4.69, 9.17) is 0 Å². The van der Waals surface area contributed by atoms with E-state index in [1.165, 1.54) is 16.4 Å². The van der Waals surface area contributed by atoms with Gasteiger partial charge in [0.05, 0.1) is 15.4 Å². The number of hydrogen-bond acceptors (Lipinski definition) is 4. The third-order valence-electron chi connectivity index (χ3n) is 4.91. The molecular weight excluding hydrogens is 441 g/mol. The van der Waals surface area contributed by atoms with Crippen molar-refractivity contribution in [2.45, 2.75) is 41.8 Å². The highest BCUT2D eigenvalue weighted by Crippen LogP contribution is 2.30. The van der Waals surface area contributed by atoms with E-state index >= 15 is 0 Å². The Bertz CT molecular complexity index is 1110. The first kappa shape index (κ1) is 22.7. The van der Waals surface area contributed by atoms with Gasteiger partial charge in [-0.2, -0.15) is 17.5 Å². The van der Waals surface area contributed by atoms with Gasteiger partial charge in [0, 0.05) is 19.1 Å². The van der Waals surface area contributed by atoms with Gasteiger partial charge in [0.25, 0.3) is 0 Å². The molecule has 1 saturated heterocycles. The number of nitrogens with zero attached hydrogens (tertiary/aromatic N) is 1. The zero-order valence-corrected chi connectivity index (χ0v) is 17.7. The summed E-state index contributed by atoms with van der Waals surface area (Å²) in [5.74, 6) is 0. The van der Waals surface area contributed by atoms with Gasteiger partial charge in [-0.15, -0.1) is 0 Å². The molecule has 0 aromatic heterocycles. The molecule has 0 aliphatic carbocycles. The van der Waals surface area contributed by atoms with Crippen LogP contribution in [-0.4, -0.2) is 40.3 Å². The number of benzene rings is 2. The van der Waals surface area contributed by atoms with Crippen LogP contribution in [0.15, 0.2) is 58.3 Å². The molecule has 0 amide bonds. The summed E-state index contributed by atoms with van der Waals surface area (Å²) >= 11 is 0. The van der Waals surface area contributed by atoms with Crippen molar-refractivity contribution in [2.24, 2.45) is 0 Å². The average Bonchev–Trinajstić information content (AvgIpc) is 2.68. The van der Waals surface area contributed by atoms with Gasteiger partial charge in [0.2, 0.25) is 20.0 Å². The summed E-state index contributed by atoms with van der Waals surface area (Å²) in [4.78, 5) is -0.317. The Hall–Kier alpha value is -1.95. The number of halogens is 3. The van der Waals surface area contributed by atoms with Gasteiger partial charge in [-0.05, 0) is 50.1 Å². The number of rotatable bonds is 5. The maximum absolute atomic E-state index is 12.9. The molecule has 1 heterocycles. The first-order valence-electron chi connectivity index (χ1n) is 9.16. The summed E-state index contributed by atoms with van der Waals surface area (Å²) in [6, 6.07) is 9.37. The van der Waals surface area contributed by atoms with E-state index in [0.717, 1.165) is 23.8 Å². The molecule has 0 spiro atoms. The molecule has 3 rings (SSSR count). The van der Waals surface area contributed by atoms with Crippen LogP contribution < -0.4 is 4.72 Å². The molecule has 0 radical (unpaired) electrons. The van der Waals surface area contributed by atoms with Crippen molar-refractivity contribution in [1.82, 2.24) is 9.03 Å². The van der Waals surface area contributed by atoms with Crippen molar-refractivity contribution >= 4 is 20.0 Å². The molecule has 2 aromatic rings. The molecule has 1 aliphatic rings. The Balaban J connectivity index is 1.68. The van der Waals surface area contributed by atoms with E-state index in [0.29, 0.717) is 6.07 Å². The Kier molecular flexibility index (Phi) is 6.28. The molecule has 0 saturated carbocycles. The second-order valence-corrected chi connectivity index (χ2v) is 10.8. The Morgan fingerprint density at radius 3 is 2.10 bits per heavy atom. The van der Waals surface area contributed by atoms with E-state index in [1.807, 2.05) is 6.92 Å². The number of nitrogens with one attached hydrogen (secondary N) is 1. The Morgan fingerprint density at radius 2 is 1.53 bits per heavy atom. The lowest BCUT2D eigenvalue weighted by Crippen LogP contribution is -2.46. The highest BCUT2D eigenvalue weighted by molar-refractivity contribution is 7.89. The van der Waals surface area contributed by atoms with Gasteiger partial charge in [-0.3, -0.25) is 0 Å². The minimum atomic E-state index is -4.65. The Labute approximate surface area is 173 Å². The molecule has 1 aliphatic heterocycles. The van der Waals surface area contributed by atoms with Crippen LogP contribution in [0, 0.1) is 6.92 Å². The van der Waals surface area contributed by atoms with Crippen LogP contribution in [0.4, 0.5) is 13.2 Å². The van der Waals surface area contributed by atoms with E-state index in [9.17, 15) is 30.0 Å². The van der Waals surface area contributed by atoms with E-state index < -0.39 is 42.7 Å². The van der Waals surface area contributed by atoms with Gasteiger partial charge >= 0.3 is 6.18 Å². The van der Waals surface area contributed by atoms with Crippen LogP contribution in [0.1, 0.15) is 24.0 Å². The lowest BCUT2D eigenvalue weighted by Gasteiger charge is -2.31. The monoisotopic (exact) mass is 462 g/mol. The number of alkyl halides is 3. The van der Waals surface area contributed by atoms with Crippen LogP contribution in [0.2, 0.25) is 0 Å². The van der Waals surface area contributed by atoms with Gasteiger partial charge in [-0.25, -0.2) is 21.6 Å². The van der Waals surface area contributed by atoms with Gasteiger partial charge in [0.15, 0.2) is 0 Å². The van der Waals surface area contributed by atoms with Crippen LogP contribution >= 0.6 is 0 Å². The van der Waals surface area contributed by atoms with Crippen molar-refractivity contribution in [1.29, 1.82) is 0 Å². The number of hydrogen-bond donors (Lipinski definition) is 1. The second-order valence-electron chi connectivity index (χ2n) is 7.14. The molecule has 1 fully saturated rings. The summed E-state index contributed by atoms with van der Waals surface area (Å²) < 4.78 is 92.7. The first-order valence-corrected chi connectivity index (χ1v) is 12.1. The summed E-state index contributed by atoms with van der Waals surface area (Å²) in [5.41, 5.74) is -0.124. The second kappa shape index (κ2) is 8.29. The molecule has 11 heteroatoms. The number of piperidine rings is 1. The summed E-state index contributed by atoms with van der Waals surface area (Å²) in [7, 11) is -7.86. The third-order valence-corrected chi connectivity index (χ3v) is 8.34. The van der Waals surface area contributed by atoms with Crippen LogP contribution in [0.5, 0.6) is 0 Å². The predicted molar refractivity (Wildman–Crippen MR) is 105 cm³/mol. The van der Waals surface area contributed by atoms with E-state index in [-0.39, 0.29) is 30.8 Å². The van der Waals surface area contributed by atoms with Crippen molar-refractivity contribution in [3.8, 4) is 0 Å². The molecule has 2 aromatic carbocycles. The fourth-order valence-corrected chi connectivity index (χ4v) is 6.02. The summed E-state index contributed by atoms with van der Waals surface area (Å²) in [5, 5.41) is 0. The smallest absolute Gasteiger partial charge is 0.208 e. The predicted octanol–water partition coefficient (Wildman–Crippen LogP) is 3.15. The average molecular weight is 463 g/mol. The minimum Gasteiger partial charge on any atom is -0.208 e. The number of aryl methyl sites for hydroxylation is 1. The third kappa shape index (κ3) is 5.02. The topological polar surface area (TPSA) is 83.6 Å². The molecule has 0 bridgehead atoms. The van der Waals surface area contributed by atoms with Crippen molar-refractivity contribution < 1.29 is 30.0 Å². The maximum atomic E-state index is 12.9. The van der Waals surface area contributed by atoms with Crippen molar-refractivity contribution in [2.75, 3.05) is 13.1 Å². The number of sulfonamides is 2. The minimum absolute atomic E-state index is 0.103. The SMILES string of the molecule is Cc1ccc(S(=O)(=O)N2CCC(NS(=O)(=O)c3cccc(C(F)(F)F)c3)CC2)cc1. The highest BCUT2D eigenvalue weighted by atomic mass is 32.2. The largest absolute Gasteiger partial charge is 0.416 e. The molecule has 164 valence electrons. The fraction of sp³-hybridized carbons (Fsp3) is 0.368. The molecule has 30 heavy (non-hydrogen) atoms. The van der Waals surface area contributed by atoms with E-state index in [1.54, 1.807) is 12.1 Å². The quantitative estimate of drug-likeness (QED) is 0.740. The Morgan fingerprint density at radius 1 is 0.933 bits per heavy atom. The summed E-state index contributed by atoms with van der Waals surface area (Å²) in [6.45, 7) is 2.05. The molecule has 6 nitrogen and oxygen atoms in total. The first-order chi connectivity index (χ1) is 13.9. The van der Waals surface area contributed by atoms with Crippen LogP contribution in [0.25, 0.3) is 0 Å². The zero-order valence-electron chi connectivity index (χ0n) is 16.1.